The van der Waals surface area contributed by atoms with Gasteiger partial charge in [0, 0.05) is 0 Å². The highest BCUT2D eigenvalue weighted by Gasteiger charge is 2.22. The number of para-hydroxylation sites is 1. The molecule has 0 saturated heterocycles. The summed E-state index contributed by atoms with van der Waals surface area (Å²) in [7, 11) is -3.56. The molecule has 0 aliphatic carbocycles. The molecule has 6 heteroatoms. The number of hydrogen-bond acceptors (Lipinski definition) is 3. The Hall–Kier alpha value is -2.34. The molecule has 1 atom stereocenters. The van der Waals surface area contributed by atoms with Crippen molar-refractivity contribution < 1.29 is 13.2 Å². The lowest BCUT2D eigenvalue weighted by atomic mass is 9.96. The van der Waals surface area contributed by atoms with Crippen LogP contribution in [-0.4, -0.2) is 27.1 Å². The van der Waals surface area contributed by atoms with Crippen LogP contribution >= 0.6 is 0 Å². The van der Waals surface area contributed by atoms with Gasteiger partial charge in [-0.15, -0.1) is 0 Å². The molecule has 2 aromatic rings. The standard InChI is InChI=1S/C20H26N2O3S/c1-14-11-16(3)19(12-15(14)2)17(4)21-20(23)13-22(26(5,24)25)18-9-7-6-8-10-18/h6-12,17H,13H2,1-5H3,(H,21,23). The minimum absolute atomic E-state index is 0.209. The fourth-order valence-electron chi connectivity index (χ4n) is 2.94. The minimum atomic E-state index is -3.56. The van der Waals surface area contributed by atoms with Crippen LogP contribution < -0.4 is 9.62 Å². The van der Waals surface area contributed by atoms with E-state index in [0.29, 0.717) is 5.69 Å². The molecule has 0 aliphatic rings. The van der Waals surface area contributed by atoms with Crippen LogP contribution in [0.2, 0.25) is 0 Å². The van der Waals surface area contributed by atoms with Crippen molar-refractivity contribution in [3.05, 3.63) is 64.7 Å². The number of hydrogen-bond donors (Lipinski definition) is 1. The summed E-state index contributed by atoms with van der Waals surface area (Å²) in [6.45, 7) is 7.75. The summed E-state index contributed by atoms with van der Waals surface area (Å²) in [6.07, 6.45) is 1.10. The van der Waals surface area contributed by atoms with Crippen LogP contribution in [0, 0.1) is 20.8 Å². The van der Waals surface area contributed by atoms with E-state index >= 15 is 0 Å². The average Bonchev–Trinajstić information content (AvgIpc) is 2.55. The van der Waals surface area contributed by atoms with Gasteiger partial charge in [-0.1, -0.05) is 30.3 Å². The Labute approximate surface area is 156 Å². The van der Waals surface area contributed by atoms with Gasteiger partial charge in [-0.05, 0) is 62.1 Å². The zero-order chi connectivity index (χ0) is 19.5. The number of carbonyl (C=O) groups is 1. The van der Waals surface area contributed by atoms with Gasteiger partial charge in [0.1, 0.15) is 6.54 Å². The maximum absolute atomic E-state index is 12.5. The third-order valence-electron chi connectivity index (χ3n) is 4.46. The normalized spacial score (nSPS) is 12.5. The fourth-order valence-corrected chi connectivity index (χ4v) is 3.80. The fraction of sp³-hybridized carbons (Fsp3) is 0.350. The molecule has 1 amide bonds. The van der Waals surface area contributed by atoms with Crippen LogP contribution in [0.15, 0.2) is 42.5 Å². The van der Waals surface area contributed by atoms with Crippen LogP contribution in [0.1, 0.15) is 35.2 Å². The van der Waals surface area contributed by atoms with E-state index in [1.165, 1.54) is 5.56 Å². The summed E-state index contributed by atoms with van der Waals surface area (Å²) < 4.78 is 25.3. The molecule has 0 bridgehead atoms. The highest BCUT2D eigenvalue weighted by atomic mass is 32.2. The number of benzene rings is 2. The van der Waals surface area contributed by atoms with E-state index in [2.05, 4.69) is 24.4 Å². The van der Waals surface area contributed by atoms with E-state index in [4.69, 9.17) is 0 Å². The first-order valence-corrected chi connectivity index (χ1v) is 10.3. The summed E-state index contributed by atoms with van der Waals surface area (Å²) >= 11 is 0. The number of anilines is 1. The van der Waals surface area contributed by atoms with Gasteiger partial charge in [0.05, 0.1) is 18.0 Å². The van der Waals surface area contributed by atoms with Gasteiger partial charge in [0.15, 0.2) is 0 Å². The van der Waals surface area contributed by atoms with E-state index in [0.717, 1.165) is 27.3 Å². The molecular formula is C20H26N2O3S. The summed E-state index contributed by atoms with van der Waals surface area (Å²) in [6, 6.07) is 12.6. The molecule has 26 heavy (non-hydrogen) atoms. The van der Waals surface area contributed by atoms with E-state index < -0.39 is 10.0 Å². The monoisotopic (exact) mass is 374 g/mol. The molecule has 2 rings (SSSR count). The molecule has 140 valence electrons. The van der Waals surface area contributed by atoms with Crippen molar-refractivity contribution >= 4 is 21.6 Å². The van der Waals surface area contributed by atoms with Gasteiger partial charge in [0.25, 0.3) is 0 Å². The molecule has 0 fully saturated rings. The second-order valence-corrected chi connectivity index (χ2v) is 8.59. The van der Waals surface area contributed by atoms with Crippen molar-refractivity contribution in [2.75, 3.05) is 17.1 Å². The SMILES string of the molecule is Cc1cc(C)c(C(C)NC(=O)CN(c2ccccc2)S(C)(=O)=O)cc1C. The van der Waals surface area contributed by atoms with Gasteiger partial charge < -0.3 is 5.32 Å². The third-order valence-corrected chi connectivity index (χ3v) is 5.60. The first kappa shape index (κ1) is 20.0. The molecule has 1 unspecified atom stereocenters. The van der Waals surface area contributed by atoms with Gasteiger partial charge in [-0.2, -0.15) is 0 Å². The molecule has 0 spiro atoms. The van der Waals surface area contributed by atoms with Crippen molar-refractivity contribution in [3.63, 3.8) is 0 Å². The molecule has 5 nitrogen and oxygen atoms in total. The van der Waals surface area contributed by atoms with E-state index in [9.17, 15) is 13.2 Å². The molecule has 0 aromatic heterocycles. The van der Waals surface area contributed by atoms with Crippen LogP contribution in [0.25, 0.3) is 0 Å². The van der Waals surface area contributed by atoms with Gasteiger partial charge in [0.2, 0.25) is 15.9 Å². The molecule has 0 saturated carbocycles. The molecule has 0 aliphatic heterocycles. The Morgan fingerprint density at radius 2 is 1.62 bits per heavy atom. The average molecular weight is 375 g/mol. The summed E-state index contributed by atoms with van der Waals surface area (Å²) in [5, 5.41) is 2.91. The number of amides is 1. The summed E-state index contributed by atoms with van der Waals surface area (Å²) in [5.74, 6) is -0.343. The Morgan fingerprint density at radius 1 is 1.04 bits per heavy atom. The zero-order valence-corrected chi connectivity index (χ0v) is 16.7. The lowest BCUT2D eigenvalue weighted by molar-refractivity contribution is -0.120. The first-order chi connectivity index (χ1) is 12.1. The maximum atomic E-state index is 12.5. The maximum Gasteiger partial charge on any atom is 0.241 e. The first-order valence-electron chi connectivity index (χ1n) is 8.49. The van der Waals surface area contributed by atoms with Crippen molar-refractivity contribution in [1.29, 1.82) is 0 Å². The number of rotatable bonds is 6. The van der Waals surface area contributed by atoms with Gasteiger partial charge in [-0.3, -0.25) is 9.10 Å². The minimum Gasteiger partial charge on any atom is -0.348 e. The van der Waals surface area contributed by atoms with Crippen molar-refractivity contribution in [2.45, 2.75) is 33.7 Å². The van der Waals surface area contributed by atoms with Crippen LogP contribution in [0.5, 0.6) is 0 Å². The number of aryl methyl sites for hydroxylation is 3. The highest BCUT2D eigenvalue weighted by molar-refractivity contribution is 7.92. The smallest absolute Gasteiger partial charge is 0.241 e. The van der Waals surface area contributed by atoms with Crippen molar-refractivity contribution in [2.24, 2.45) is 0 Å². The molecule has 1 N–H and O–H groups in total. The Bertz CT molecular complexity index is 893. The van der Waals surface area contributed by atoms with Crippen molar-refractivity contribution in [3.8, 4) is 0 Å². The Balaban J connectivity index is 2.17. The predicted molar refractivity (Wildman–Crippen MR) is 106 cm³/mol. The topological polar surface area (TPSA) is 66.5 Å². The third kappa shape index (κ3) is 4.85. The molecular weight excluding hydrogens is 348 g/mol. The molecule has 0 heterocycles. The number of nitrogens with zero attached hydrogens (tertiary/aromatic N) is 1. The zero-order valence-electron chi connectivity index (χ0n) is 15.9. The number of carbonyl (C=O) groups excluding carboxylic acids is 1. The summed E-state index contributed by atoms with van der Waals surface area (Å²) in [4.78, 5) is 12.5. The van der Waals surface area contributed by atoms with Crippen LogP contribution in [0.4, 0.5) is 5.69 Å². The number of nitrogens with one attached hydrogen (secondary N) is 1. The predicted octanol–water partition coefficient (Wildman–Crippen LogP) is 3.26. The van der Waals surface area contributed by atoms with Crippen molar-refractivity contribution in [1.82, 2.24) is 5.32 Å². The number of sulfonamides is 1. The second-order valence-electron chi connectivity index (χ2n) is 6.69. The van der Waals surface area contributed by atoms with Crippen LogP contribution in [0.3, 0.4) is 0 Å². The lowest BCUT2D eigenvalue weighted by Gasteiger charge is -2.24. The highest BCUT2D eigenvalue weighted by Crippen LogP contribution is 2.22. The molecule has 0 radical (unpaired) electrons. The largest absolute Gasteiger partial charge is 0.348 e. The lowest BCUT2D eigenvalue weighted by Crippen LogP contribution is -2.41. The summed E-state index contributed by atoms with van der Waals surface area (Å²) in [5.41, 5.74) is 4.97. The van der Waals surface area contributed by atoms with E-state index in [-0.39, 0.29) is 18.5 Å². The van der Waals surface area contributed by atoms with E-state index in [1.54, 1.807) is 30.3 Å². The van der Waals surface area contributed by atoms with E-state index in [1.807, 2.05) is 20.8 Å². The Kier molecular flexibility index (Phi) is 6.08. The second kappa shape index (κ2) is 7.91. The van der Waals surface area contributed by atoms with Crippen LogP contribution in [-0.2, 0) is 14.8 Å². The quantitative estimate of drug-likeness (QED) is 0.844. The molecule has 2 aromatic carbocycles. The Morgan fingerprint density at radius 3 is 2.19 bits per heavy atom. The van der Waals surface area contributed by atoms with Gasteiger partial charge in [-0.25, -0.2) is 8.42 Å². The van der Waals surface area contributed by atoms with Gasteiger partial charge >= 0.3 is 0 Å².